The maximum atomic E-state index is 12.1. The van der Waals surface area contributed by atoms with Crippen molar-refractivity contribution in [3.63, 3.8) is 0 Å². The van der Waals surface area contributed by atoms with Crippen LogP contribution >= 0.6 is 0 Å². The van der Waals surface area contributed by atoms with E-state index >= 15 is 0 Å². The van der Waals surface area contributed by atoms with E-state index in [-0.39, 0.29) is 24.0 Å². The Morgan fingerprint density at radius 1 is 1.00 bits per heavy atom. The highest BCUT2D eigenvalue weighted by Gasteiger charge is 2.45. The summed E-state index contributed by atoms with van der Waals surface area (Å²) < 4.78 is 4.48. The summed E-state index contributed by atoms with van der Waals surface area (Å²) >= 11 is 0. The van der Waals surface area contributed by atoms with Gasteiger partial charge in [-0.3, -0.25) is 19.3 Å². The number of imide groups is 1. The number of carbonyl (C=O) groups is 4. The van der Waals surface area contributed by atoms with Gasteiger partial charge >= 0.3 is 11.9 Å². The number of hydrogen-bond acceptors (Lipinski definition) is 5. The normalized spacial score (nSPS) is 22.5. The predicted molar refractivity (Wildman–Crippen MR) is 61.1 cm³/mol. The topological polar surface area (TPSA) is 80.8 Å². The summed E-state index contributed by atoms with van der Waals surface area (Å²) in [4.78, 5) is 47.8. The van der Waals surface area contributed by atoms with Gasteiger partial charge < -0.3 is 4.74 Å². The molecule has 0 aromatic heterocycles. The average Bonchev–Trinajstić information content (AvgIpc) is 2.64. The molecule has 2 aliphatic rings. The van der Waals surface area contributed by atoms with E-state index in [1.165, 1.54) is 12.1 Å². The number of amides is 2. The van der Waals surface area contributed by atoms with E-state index < -0.39 is 29.8 Å². The fourth-order valence-electron chi connectivity index (χ4n) is 2.33. The first kappa shape index (κ1) is 11.6. The molecule has 1 aromatic carbocycles. The van der Waals surface area contributed by atoms with E-state index in [2.05, 4.69) is 4.74 Å². The van der Waals surface area contributed by atoms with Gasteiger partial charge in [-0.2, -0.15) is 0 Å². The van der Waals surface area contributed by atoms with Gasteiger partial charge in [-0.05, 0) is 18.6 Å². The van der Waals surface area contributed by atoms with Crippen LogP contribution in [0.5, 0.6) is 0 Å². The number of hydrogen-bond donors (Lipinski definition) is 0. The maximum absolute atomic E-state index is 12.1. The van der Waals surface area contributed by atoms with E-state index in [9.17, 15) is 19.2 Å². The first-order chi connectivity index (χ1) is 9.09. The predicted octanol–water partition coefficient (Wildman–Crippen LogP) is 0.515. The van der Waals surface area contributed by atoms with Crippen molar-refractivity contribution in [2.24, 2.45) is 0 Å². The first-order valence-electron chi connectivity index (χ1n) is 5.81. The minimum Gasteiger partial charge on any atom is -0.392 e. The van der Waals surface area contributed by atoms with Crippen LogP contribution in [-0.2, 0) is 14.3 Å². The third kappa shape index (κ3) is 1.64. The van der Waals surface area contributed by atoms with Crippen molar-refractivity contribution in [1.29, 1.82) is 0 Å². The second kappa shape index (κ2) is 4.01. The van der Waals surface area contributed by atoms with Gasteiger partial charge in [-0.25, -0.2) is 4.79 Å². The summed E-state index contributed by atoms with van der Waals surface area (Å²) in [6, 6.07) is 5.36. The van der Waals surface area contributed by atoms with E-state index in [4.69, 9.17) is 0 Å². The Balaban J connectivity index is 1.96. The minimum atomic E-state index is -1.01. The molecule has 0 radical (unpaired) electrons. The molecule has 0 saturated carbocycles. The molecule has 0 aliphatic carbocycles. The smallest absolute Gasteiger partial charge is 0.337 e. The Kier molecular flexibility index (Phi) is 2.45. The molecule has 1 aromatic rings. The van der Waals surface area contributed by atoms with E-state index in [1.807, 2.05) is 0 Å². The molecular formula is C13H9NO5. The second-order valence-corrected chi connectivity index (χ2v) is 4.37. The van der Waals surface area contributed by atoms with Crippen LogP contribution in [0.1, 0.15) is 33.6 Å². The molecule has 1 fully saturated rings. The van der Waals surface area contributed by atoms with Gasteiger partial charge in [0.15, 0.2) is 0 Å². The molecule has 6 nitrogen and oxygen atoms in total. The summed E-state index contributed by atoms with van der Waals surface area (Å²) in [6.07, 6.45) is 0.132. The quantitative estimate of drug-likeness (QED) is 0.318. The zero-order chi connectivity index (χ0) is 13.6. The number of fused-ring (bicyclic) bond motifs is 1. The Morgan fingerprint density at radius 2 is 1.58 bits per heavy atom. The largest absolute Gasteiger partial charge is 0.392 e. The molecule has 0 spiro atoms. The van der Waals surface area contributed by atoms with Crippen molar-refractivity contribution in [2.45, 2.75) is 18.9 Å². The number of esters is 2. The fourth-order valence-corrected chi connectivity index (χ4v) is 2.33. The molecule has 0 bridgehead atoms. The van der Waals surface area contributed by atoms with Crippen molar-refractivity contribution in [3.8, 4) is 0 Å². The number of benzene rings is 1. The summed E-state index contributed by atoms with van der Waals surface area (Å²) in [7, 11) is 0. The van der Waals surface area contributed by atoms with Gasteiger partial charge in [0.2, 0.25) is 0 Å². The Morgan fingerprint density at radius 3 is 2.11 bits per heavy atom. The van der Waals surface area contributed by atoms with Gasteiger partial charge in [0, 0.05) is 6.42 Å². The van der Waals surface area contributed by atoms with Crippen molar-refractivity contribution in [1.82, 2.24) is 4.90 Å². The van der Waals surface area contributed by atoms with Crippen LogP contribution in [-0.4, -0.2) is 34.7 Å². The summed E-state index contributed by atoms with van der Waals surface area (Å²) in [6.45, 7) is 0. The minimum absolute atomic E-state index is 0.0177. The van der Waals surface area contributed by atoms with Crippen molar-refractivity contribution < 1.29 is 23.9 Å². The van der Waals surface area contributed by atoms with Crippen molar-refractivity contribution >= 4 is 23.8 Å². The van der Waals surface area contributed by atoms with Crippen molar-refractivity contribution in [3.05, 3.63) is 35.4 Å². The third-order valence-electron chi connectivity index (χ3n) is 3.25. The molecule has 0 N–H and O–H groups in total. The zero-order valence-corrected chi connectivity index (χ0v) is 9.79. The molecule has 1 atom stereocenters. The van der Waals surface area contributed by atoms with E-state index in [0.717, 1.165) is 4.90 Å². The van der Waals surface area contributed by atoms with Gasteiger partial charge in [0.1, 0.15) is 6.04 Å². The van der Waals surface area contributed by atoms with E-state index in [1.54, 1.807) is 12.1 Å². The van der Waals surface area contributed by atoms with Crippen LogP contribution in [0.4, 0.5) is 0 Å². The zero-order valence-electron chi connectivity index (χ0n) is 9.79. The first-order valence-corrected chi connectivity index (χ1v) is 5.81. The lowest BCUT2D eigenvalue weighted by atomic mass is 10.1. The molecule has 1 unspecified atom stereocenters. The Bertz CT molecular complexity index is 586. The van der Waals surface area contributed by atoms with Crippen LogP contribution in [0.2, 0.25) is 0 Å². The third-order valence-corrected chi connectivity index (χ3v) is 3.25. The number of nitrogens with zero attached hydrogens (tertiary/aromatic N) is 1. The highest BCUT2D eigenvalue weighted by molar-refractivity contribution is 6.23. The van der Waals surface area contributed by atoms with Gasteiger partial charge in [-0.15, -0.1) is 0 Å². The lowest BCUT2D eigenvalue weighted by Gasteiger charge is -2.26. The van der Waals surface area contributed by atoms with Gasteiger partial charge in [0.25, 0.3) is 11.8 Å². The van der Waals surface area contributed by atoms with Crippen LogP contribution in [0.3, 0.4) is 0 Å². The molecule has 96 valence electrons. The fraction of sp³-hybridized carbons (Fsp3) is 0.231. The molecule has 2 aliphatic heterocycles. The lowest BCUT2D eigenvalue weighted by Crippen LogP contribution is -2.48. The van der Waals surface area contributed by atoms with Crippen LogP contribution in [0.25, 0.3) is 0 Å². The molecule has 6 heteroatoms. The number of ether oxygens (including phenoxy) is 1. The van der Waals surface area contributed by atoms with Gasteiger partial charge in [0.05, 0.1) is 11.1 Å². The number of cyclic esters (lactones) is 2. The van der Waals surface area contributed by atoms with Crippen molar-refractivity contribution in [2.75, 3.05) is 0 Å². The molecule has 2 amide bonds. The second-order valence-electron chi connectivity index (χ2n) is 4.37. The summed E-state index contributed by atoms with van der Waals surface area (Å²) in [5.41, 5.74) is 0.550. The SMILES string of the molecule is O=C1CCC([15N]2C(=O)c3ccccc3C2=O)C(=O)O1. The Labute approximate surface area is 107 Å². The highest BCUT2D eigenvalue weighted by atomic mass is 16.6. The van der Waals surface area contributed by atoms with Gasteiger partial charge in [-0.1, -0.05) is 12.1 Å². The molecule has 2 heterocycles. The molecule has 1 saturated heterocycles. The van der Waals surface area contributed by atoms with Crippen LogP contribution in [0, 0.1) is 0 Å². The Hall–Kier alpha value is -2.50. The summed E-state index contributed by atoms with van der Waals surface area (Å²) in [5, 5.41) is 0. The highest BCUT2D eigenvalue weighted by Crippen LogP contribution is 2.27. The molecule has 19 heavy (non-hydrogen) atoms. The van der Waals surface area contributed by atoms with Crippen LogP contribution < -0.4 is 0 Å². The maximum Gasteiger partial charge on any atom is 0.337 e. The van der Waals surface area contributed by atoms with Crippen LogP contribution in [0.15, 0.2) is 24.3 Å². The lowest BCUT2D eigenvalue weighted by molar-refractivity contribution is -0.167. The summed E-state index contributed by atoms with van der Waals surface area (Å²) in [5.74, 6) is -2.50. The molecular weight excluding hydrogens is 251 g/mol. The standard InChI is InChI=1S/C13H9NO5/c15-10-6-5-9(13(18)19-10)14-11(16)7-3-1-2-4-8(7)12(14)17/h1-4,9H,5-6H2/i14+1. The number of rotatable bonds is 1. The number of carbonyl (C=O) groups excluding carboxylic acids is 4. The monoisotopic (exact) mass is 260 g/mol. The molecule has 3 rings (SSSR count). The average molecular weight is 260 g/mol. The van der Waals surface area contributed by atoms with E-state index in [0.29, 0.717) is 0 Å².